The van der Waals surface area contributed by atoms with Gasteiger partial charge in [0.15, 0.2) is 0 Å². The predicted molar refractivity (Wildman–Crippen MR) is 105 cm³/mol. The first-order valence-corrected chi connectivity index (χ1v) is 9.90. The number of carbonyl (C=O) groups is 2. The molecule has 1 saturated heterocycles. The molecule has 2 N–H and O–H groups in total. The number of carbonyl (C=O) groups excluding carboxylic acids is 2. The lowest BCUT2D eigenvalue weighted by atomic mass is 9.96. The van der Waals surface area contributed by atoms with Crippen LogP contribution in [0.5, 0.6) is 0 Å². The Hall–Kier alpha value is -2.71. The van der Waals surface area contributed by atoms with E-state index in [0.717, 1.165) is 18.2 Å². The molecule has 2 aromatic carbocycles. The van der Waals surface area contributed by atoms with Crippen LogP contribution >= 0.6 is 11.6 Å². The molecule has 2 aliphatic rings. The van der Waals surface area contributed by atoms with Gasteiger partial charge in [0.05, 0.1) is 30.1 Å². The largest absolute Gasteiger partial charge is 0.416 e. The molecule has 0 amide bonds. The molecule has 30 heavy (non-hydrogen) atoms. The van der Waals surface area contributed by atoms with E-state index < -0.39 is 29.4 Å². The average Bonchev–Trinajstić information content (AvgIpc) is 2.96. The standard InChI is InChI=1S/C21H19ClF2N2O4/c22-16-3-2-15-14(20(16)26-10-12-9-13(23)1-4-17(12)24)7-8-25-11-21(15)29-18(27)5-6-19(28)30-21/h1-4,9,25-26H,5-8,10-11H2. The molecule has 0 radical (unpaired) electrons. The number of hydrogen-bond acceptors (Lipinski definition) is 6. The van der Waals surface area contributed by atoms with Gasteiger partial charge in [-0.3, -0.25) is 9.59 Å². The van der Waals surface area contributed by atoms with Crippen molar-refractivity contribution < 1.29 is 27.8 Å². The van der Waals surface area contributed by atoms with Gasteiger partial charge in [0.25, 0.3) is 5.79 Å². The van der Waals surface area contributed by atoms with E-state index in [1.807, 2.05) is 0 Å². The van der Waals surface area contributed by atoms with Crippen molar-refractivity contribution >= 4 is 29.2 Å². The van der Waals surface area contributed by atoms with E-state index in [1.54, 1.807) is 12.1 Å². The van der Waals surface area contributed by atoms with E-state index in [0.29, 0.717) is 34.8 Å². The summed E-state index contributed by atoms with van der Waals surface area (Å²) in [7, 11) is 0. The number of benzene rings is 2. The fourth-order valence-corrected chi connectivity index (χ4v) is 3.97. The summed E-state index contributed by atoms with van der Waals surface area (Å²) in [6.45, 7) is 0.587. The molecule has 1 fully saturated rings. The minimum atomic E-state index is -1.61. The van der Waals surface area contributed by atoms with E-state index in [4.69, 9.17) is 21.1 Å². The van der Waals surface area contributed by atoms with Gasteiger partial charge in [-0.15, -0.1) is 0 Å². The Morgan fingerprint density at radius 1 is 1.07 bits per heavy atom. The zero-order valence-electron chi connectivity index (χ0n) is 15.9. The highest BCUT2D eigenvalue weighted by molar-refractivity contribution is 6.33. The predicted octanol–water partition coefficient (Wildman–Crippen LogP) is 3.41. The van der Waals surface area contributed by atoms with E-state index in [9.17, 15) is 18.4 Å². The maximum absolute atomic E-state index is 14.0. The molecule has 1 spiro atoms. The highest BCUT2D eigenvalue weighted by Gasteiger charge is 2.45. The Morgan fingerprint density at radius 2 is 1.80 bits per heavy atom. The van der Waals surface area contributed by atoms with Gasteiger partial charge < -0.3 is 20.1 Å². The number of halogens is 3. The molecule has 6 nitrogen and oxygen atoms in total. The summed E-state index contributed by atoms with van der Waals surface area (Å²) in [6, 6.07) is 6.46. The molecule has 2 aliphatic heterocycles. The van der Waals surface area contributed by atoms with E-state index in [-0.39, 0.29) is 31.5 Å². The van der Waals surface area contributed by atoms with Crippen molar-refractivity contribution in [3.63, 3.8) is 0 Å². The van der Waals surface area contributed by atoms with E-state index in [2.05, 4.69) is 10.6 Å². The van der Waals surface area contributed by atoms with Crippen LogP contribution < -0.4 is 10.6 Å². The molecule has 0 atom stereocenters. The van der Waals surface area contributed by atoms with Crippen molar-refractivity contribution in [3.8, 4) is 0 Å². The van der Waals surface area contributed by atoms with Gasteiger partial charge in [-0.05, 0) is 48.9 Å². The summed E-state index contributed by atoms with van der Waals surface area (Å²) < 4.78 is 38.7. The fourth-order valence-electron chi connectivity index (χ4n) is 3.73. The van der Waals surface area contributed by atoms with E-state index in [1.165, 1.54) is 0 Å². The number of esters is 2. The minimum absolute atomic E-state index is 0.0141. The monoisotopic (exact) mass is 436 g/mol. The van der Waals surface area contributed by atoms with Gasteiger partial charge >= 0.3 is 11.9 Å². The Morgan fingerprint density at radius 3 is 2.53 bits per heavy atom. The lowest BCUT2D eigenvalue weighted by Gasteiger charge is -2.32. The van der Waals surface area contributed by atoms with Crippen LogP contribution in [0.3, 0.4) is 0 Å². The summed E-state index contributed by atoms with van der Waals surface area (Å²) in [4.78, 5) is 24.3. The molecule has 0 aromatic heterocycles. The Kier molecular flexibility index (Phi) is 5.62. The second-order valence-electron chi connectivity index (χ2n) is 7.17. The van der Waals surface area contributed by atoms with Crippen molar-refractivity contribution in [1.82, 2.24) is 5.32 Å². The van der Waals surface area contributed by atoms with Gasteiger partial charge in [0, 0.05) is 17.7 Å². The lowest BCUT2D eigenvalue weighted by Crippen LogP contribution is -2.43. The Bertz CT molecular complexity index is 997. The molecule has 9 heteroatoms. The normalized spacial score (nSPS) is 18.1. The van der Waals surface area contributed by atoms with Crippen LogP contribution in [0, 0.1) is 11.6 Å². The van der Waals surface area contributed by atoms with Crippen molar-refractivity contribution in [2.75, 3.05) is 18.4 Å². The first-order valence-electron chi connectivity index (χ1n) is 9.52. The maximum Gasteiger partial charge on any atom is 0.309 e. The summed E-state index contributed by atoms with van der Waals surface area (Å²) in [5.74, 6) is -3.79. The number of rotatable bonds is 3. The van der Waals surface area contributed by atoms with Crippen molar-refractivity contribution in [2.24, 2.45) is 0 Å². The number of ether oxygens (including phenoxy) is 2. The smallest absolute Gasteiger partial charge is 0.309 e. The molecule has 4 rings (SSSR count). The molecular weight excluding hydrogens is 418 g/mol. The number of nitrogens with one attached hydrogen (secondary N) is 2. The molecule has 0 unspecified atom stereocenters. The van der Waals surface area contributed by atoms with Crippen LogP contribution in [0.1, 0.15) is 29.5 Å². The van der Waals surface area contributed by atoms with Crippen LogP contribution in [0.4, 0.5) is 14.5 Å². The molecular formula is C21H19ClF2N2O4. The first kappa shape index (κ1) is 20.6. The van der Waals surface area contributed by atoms with Gasteiger partial charge in [-0.2, -0.15) is 0 Å². The molecule has 0 bridgehead atoms. The maximum atomic E-state index is 14.0. The fraction of sp³-hybridized carbons (Fsp3) is 0.333. The molecule has 2 heterocycles. The summed E-state index contributed by atoms with van der Waals surface area (Å²) in [5, 5.41) is 6.55. The number of fused-ring (bicyclic) bond motifs is 2. The first-order chi connectivity index (χ1) is 14.4. The third kappa shape index (κ3) is 3.97. The zero-order valence-corrected chi connectivity index (χ0v) is 16.7. The SMILES string of the molecule is O=C1CCC(=O)OC2(CNCCc3c2ccc(Cl)c3NCc2cc(F)ccc2F)O1. The molecule has 0 aliphatic carbocycles. The average molecular weight is 437 g/mol. The quantitative estimate of drug-likeness (QED) is 0.718. The van der Waals surface area contributed by atoms with Crippen molar-refractivity contribution in [3.05, 3.63) is 63.7 Å². The second kappa shape index (κ2) is 8.20. The van der Waals surface area contributed by atoms with Gasteiger partial charge in [-0.1, -0.05) is 11.6 Å². The molecule has 158 valence electrons. The van der Waals surface area contributed by atoms with Crippen molar-refractivity contribution in [1.29, 1.82) is 0 Å². The second-order valence-corrected chi connectivity index (χ2v) is 7.57. The number of hydrogen-bond donors (Lipinski definition) is 2. The van der Waals surface area contributed by atoms with Gasteiger partial charge in [-0.25, -0.2) is 8.78 Å². The lowest BCUT2D eigenvalue weighted by molar-refractivity contribution is -0.225. The van der Waals surface area contributed by atoms with Crippen LogP contribution in [0.25, 0.3) is 0 Å². The highest BCUT2D eigenvalue weighted by atomic mass is 35.5. The van der Waals surface area contributed by atoms with Crippen LogP contribution in [0.2, 0.25) is 5.02 Å². The number of anilines is 1. The van der Waals surface area contributed by atoms with Crippen LogP contribution in [-0.2, 0) is 37.8 Å². The van der Waals surface area contributed by atoms with E-state index >= 15 is 0 Å². The van der Waals surface area contributed by atoms with Gasteiger partial charge in [0.1, 0.15) is 11.6 Å². The third-order valence-corrected chi connectivity index (χ3v) is 5.45. The molecule has 0 saturated carbocycles. The third-order valence-electron chi connectivity index (χ3n) is 5.14. The summed E-state index contributed by atoms with van der Waals surface area (Å²) >= 11 is 6.40. The zero-order chi connectivity index (χ0) is 21.3. The van der Waals surface area contributed by atoms with Crippen LogP contribution in [-0.4, -0.2) is 25.0 Å². The van der Waals surface area contributed by atoms with Crippen molar-refractivity contribution in [2.45, 2.75) is 31.6 Å². The Labute approximate surface area is 176 Å². The minimum Gasteiger partial charge on any atom is -0.416 e. The summed E-state index contributed by atoms with van der Waals surface area (Å²) in [6.07, 6.45) is 0.363. The summed E-state index contributed by atoms with van der Waals surface area (Å²) in [5.41, 5.74) is 1.78. The highest BCUT2D eigenvalue weighted by Crippen LogP contribution is 2.40. The molecule has 2 aromatic rings. The van der Waals surface area contributed by atoms with Gasteiger partial charge in [0.2, 0.25) is 0 Å². The van der Waals surface area contributed by atoms with Crippen LogP contribution in [0.15, 0.2) is 30.3 Å². The topological polar surface area (TPSA) is 76.7 Å². The Balaban J connectivity index is 1.74.